The van der Waals surface area contributed by atoms with Crippen LogP contribution in [0.5, 0.6) is 17.2 Å². The summed E-state index contributed by atoms with van der Waals surface area (Å²) in [6.07, 6.45) is 1.55. The van der Waals surface area contributed by atoms with E-state index in [0.717, 1.165) is 16.7 Å². The molecule has 0 spiro atoms. The number of imide groups is 1. The van der Waals surface area contributed by atoms with Gasteiger partial charge in [0.2, 0.25) is 0 Å². The number of halogens is 2. The van der Waals surface area contributed by atoms with E-state index in [0.29, 0.717) is 27.1 Å². The van der Waals surface area contributed by atoms with Crippen molar-refractivity contribution < 1.29 is 28.6 Å². The van der Waals surface area contributed by atoms with Crippen LogP contribution in [0.1, 0.15) is 15.9 Å². The third-order valence-electron chi connectivity index (χ3n) is 5.03. The van der Waals surface area contributed by atoms with Gasteiger partial charge in [0.05, 0.1) is 29.1 Å². The Labute approximate surface area is 221 Å². The first-order valence-electron chi connectivity index (χ1n) is 10.6. The summed E-state index contributed by atoms with van der Waals surface area (Å²) < 4.78 is 16.4. The molecule has 3 aromatic carbocycles. The van der Waals surface area contributed by atoms with E-state index in [2.05, 4.69) is 0 Å². The number of nitrogens with zero attached hydrogens (tertiary/aromatic N) is 1. The Morgan fingerprint density at radius 2 is 1.78 bits per heavy atom. The van der Waals surface area contributed by atoms with Crippen molar-refractivity contribution in [2.45, 2.75) is 0 Å². The summed E-state index contributed by atoms with van der Waals surface area (Å²) in [5, 5.41) is 0.436. The Bertz CT molecular complexity index is 1360. The fourth-order valence-electron chi connectivity index (χ4n) is 3.29. The zero-order chi connectivity index (χ0) is 25.7. The number of esters is 1. The standard InChI is InChI=1S/C26H19Cl2NO6S/c1-33-21-10-9-16(13-22(21)35-25(31)17-5-4-6-18(27)15-17)14-23-24(30)29(26(32)36-23)11-12-34-20-8-3-2-7-19(20)28/h2-10,13-15H,11-12H2,1H3/b23-14-. The molecule has 1 fully saturated rings. The van der Waals surface area contributed by atoms with E-state index < -0.39 is 17.1 Å². The second-order valence-corrected chi connectivity index (χ2v) is 9.26. The van der Waals surface area contributed by atoms with Crippen LogP contribution in [0.4, 0.5) is 4.79 Å². The van der Waals surface area contributed by atoms with Crippen molar-refractivity contribution in [2.75, 3.05) is 20.3 Å². The molecule has 4 rings (SSSR count). The van der Waals surface area contributed by atoms with Gasteiger partial charge in [-0.15, -0.1) is 0 Å². The zero-order valence-corrected chi connectivity index (χ0v) is 21.2. The second kappa shape index (κ2) is 11.5. The molecule has 0 radical (unpaired) electrons. The van der Waals surface area contributed by atoms with E-state index in [1.165, 1.54) is 13.2 Å². The number of carbonyl (C=O) groups excluding carboxylic acids is 3. The Balaban J connectivity index is 1.47. The first kappa shape index (κ1) is 25.6. The van der Waals surface area contributed by atoms with Crippen LogP contribution in [0.3, 0.4) is 0 Å². The number of carbonyl (C=O) groups is 3. The Kier molecular flexibility index (Phi) is 8.20. The molecule has 0 bridgehead atoms. The SMILES string of the molecule is COc1ccc(/C=C2\SC(=O)N(CCOc3ccccc3Cl)C2=O)cc1OC(=O)c1cccc(Cl)c1. The number of hydrogen-bond donors (Lipinski definition) is 0. The van der Waals surface area contributed by atoms with Gasteiger partial charge in [-0.05, 0) is 65.9 Å². The van der Waals surface area contributed by atoms with Crippen molar-refractivity contribution in [2.24, 2.45) is 0 Å². The van der Waals surface area contributed by atoms with Crippen LogP contribution in [-0.2, 0) is 4.79 Å². The summed E-state index contributed by atoms with van der Waals surface area (Å²) >= 11 is 12.8. The lowest BCUT2D eigenvalue weighted by molar-refractivity contribution is -0.123. The van der Waals surface area contributed by atoms with Crippen molar-refractivity contribution in [3.8, 4) is 17.2 Å². The molecule has 184 valence electrons. The first-order chi connectivity index (χ1) is 17.4. The maximum absolute atomic E-state index is 12.8. The molecule has 2 amide bonds. The fourth-order valence-corrected chi connectivity index (χ4v) is 4.54. The number of hydrogen-bond acceptors (Lipinski definition) is 7. The Morgan fingerprint density at radius 3 is 2.53 bits per heavy atom. The van der Waals surface area contributed by atoms with Crippen molar-refractivity contribution in [1.82, 2.24) is 4.90 Å². The molecule has 1 heterocycles. The van der Waals surface area contributed by atoms with Crippen LogP contribution in [-0.4, -0.2) is 42.3 Å². The van der Waals surface area contributed by atoms with Gasteiger partial charge in [0.25, 0.3) is 11.1 Å². The highest BCUT2D eigenvalue weighted by molar-refractivity contribution is 8.18. The minimum atomic E-state index is -0.619. The average Bonchev–Trinajstić information content (AvgIpc) is 3.12. The predicted octanol–water partition coefficient (Wildman–Crippen LogP) is 6.34. The molecule has 10 heteroatoms. The van der Waals surface area contributed by atoms with E-state index in [1.54, 1.807) is 66.7 Å². The van der Waals surface area contributed by atoms with Crippen molar-refractivity contribution in [3.63, 3.8) is 0 Å². The van der Waals surface area contributed by atoms with E-state index in [4.69, 9.17) is 37.4 Å². The van der Waals surface area contributed by atoms with Crippen LogP contribution in [0, 0.1) is 0 Å². The summed E-state index contributed by atoms with van der Waals surface area (Å²) in [4.78, 5) is 39.2. The number of rotatable bonds is 8. The van der Waals surface area contributed by atoms with Gasteiger partial charge >= 0.3 is 5.97 Å². The van der Waals surface area contributed by atoms with Crippen molar-refractivity contribution in [1.29, 1.82) is 0 Å². The van der Waals surface area contributed by atoms with E-state index in [9.17, 15) is 14.4 Å². The summed E-state index contributed by atoms with van der Waals surface area (Å²) in [5.74, 6) is -0.108. The molecule has 3 aromatic rings. The minimum absolute atomic E-state index is 0.0678. The van der Waals surface area contributed by atoms with Gasteiger partial charge < -0.3 is 14.2 Å². The molecule has 0 saturated carbocycles. The average molecular weight is 544 g/mol. The molecule has 0 N–H and O–H groups in total. The van der Waals surface area contributed by atoms with Crippen LogP contribution in [0.25, 0.3) is 6.08 Å². The van der Waals surface area contributed by atoms with Gasteiger partial charge in [-0.25, -0.2) is 4.79 Å². The third-order valence-corrected chi connectivity index (χ3v) is 6.49. The van der Waals surface area contributed by atoms with Crippen LogP contribution >= 0.6 is 35.0 Å². The van der Waals surface area contributed by atoms with Gasteiger partial charge in [-0.3, -0.25) is 14.5 Å². The summed E-state index contributed by atoms with van der Waals surface area (Å²) in [6.45, 7) is 0.166. The summed E-state index contributed by atoms with van der Waals surface area (Å²) in [6, 6.07) is 18.2. The predicted molar refractivity (Wildman–Crippen MR) is 139 cm³/mol. The van der Waals surface area contributed by atoms with Gasteiger partial charge in [0, 0.05) is 5.02 Å². The van der Waals surface area contributed by atoms with Crippen molar-refractivity contribution >= 4 is 58.2 Å². The van der Waals surface area contributed by atoms with Gasteiger partial charge in [0.15, 0.2) is 11.5 Å². The van der Waals surface area contributed by atoms with Crippen LogP contribution < -0.4 is 14.2 Å². The number of amides is 2. The van der Waals surface area contributed by atoms with E-state index in [-0.39, 0.29) is 29.4 Å². The molecule has 1 aliphatic heterocycles. The van der Waals surface area contributed by atoms with Gasteiger partial charge in [-0.1, -0.05) is 47.5 Å². The normalized spacial score (nSPS) is 14.3. The number of para-hydroxylation sites is 1. The third kappa shape index (κ3) is 6.02. The number of thioether (sulfide) groups is 1. The van der Waals surface area contributed by atoms with Crippen molar-refractivity contribution in [3.05, 3.63) is 92.8 Å². The smallest absolute Gasteiger partial charge is 0.343 e. The maximum Gasteiger partial charge on any atom is 0.343 e. The highest BCUT2D eigenvalue weighted by Crippen LogP contribution is 2.35. The highest BCUT2D eigenvalue weighted by atomic mass is 35.5. The highest BCUT2D eigenvalue weighted by Gasteiger charge is 2.35. The quantitative estimate of drug-likeness (QED) is 0.186. The first-order valence-corrected chi connectivity index (χ1v) is 12.2. The topological polar surface area (TPSA) is 82.1 Å². The van der Waals surface area contributed by atoms with E-state index in [1.807, 2.05) is 0 Å². The number of methoxy groups -OCH3 is 1. The number of benzene rings is 3. The largest absolute Gasteiger partial charge is 0.493 e. The fraction of sp³-hybridized carbons (Fsp3) is 0.115. The summed E-state index contributed by atoms with van der Waals surface area (Å²) in [5.41, 5.74) is 0.817. The molecule has 0 atom stereocenters. The summed E-state index contributed by atoms with van der Waals surface area (Å²) in [7, 11) is 1.45. The van der Waals surface area contributed by atoms with Crippen LogP contribution in [0.2, 0.25) is 10.0 Å². The zero-order valence-electron chi connectivity index (χ0n) is 18.9. The molecular weight excluding hydrogens is 525 g/mol. The lowest BCUT2D eigenvalue weighted by Crippen LogP contribution is -2.32. The second-order valence-electron chi connectivity index (χ2n) is 7.42. The molecule has 7 nitrogen and oxygen atoms in total. The molecule has 0 aliphatic carbocycles. The lowest BCUT2D eigenvalue weighted by atomic mass is 10.1. The minimum Gasteiger partial charge on any atom is -0.493 e. The maximum atomic E-state index is 12.8. The molecular formula is C26H19Cl2NO6S. The molecule has 1 aliphatic rings. The molecule has 0 aromatic heterocycles. The molecule has 0 unspecified atom stereocenters. The lowest BCUT2D eigenvalue weighted by Gasteiger charge is -2.13. The number of ether oxygens (including phenoxy) is 3. The van der Waals surface area contributed by atoms with Gasteiger partial charge in [0.1, 0.15) is 12.4 Å². The van der Waals surface area contributed by atoms with E-state index >= 15 is 0 Å². The van der Waals surface area contributed by atoms with Crippen LogP contribution in [0.15, 0.2) is 71.6 Å². The monoisotopic (exact) mass is 543 g/mol. The molecule has 1 saturated heterocycles. The van der Waals surface area contributed by atoms with Gasteiger partial charge in [-0.2, -0.15) is 0 Å². The Hall–Kier alpha value is -3.46. The molecule has 36 heavy (non-hydrogen) atoms. The Morgan fingerprint density at radius 1 is 0.972 bits per heavy atom.